The summed E-state index contributed by atoms with van der Waals surface area (Å²) in [5.74, 6) is -1.56. The molecule has 1 aliphatic rings. The van der Waals surface area contributed by atoms with E-state index >= 15 is 0 Å². The van der Waals surface area contributed by atoms with Gasteiger partial charge in [0.2, 0.25) is 5.91 Å². The number of benzene rings is 1. The average molecular weight is 377 g/mol. The summed E-state index contributed by atoms with van der Waals surface area (Å²) in [7, 11) is 2.94. The number of imide groups is 1. The van der Waals surface area contributed by atoms with Crippen LogP contribution in [-0.4, -0.2) is 80.5 Å². The van der Waals surface area contributed by atoms with Crippen LogP contribution in [0.15, 0.2) is 18.2 Å². The van der Waals surface area contributed by atoms with Gasteiger partial charge in [0.1, 0.15) is 0 Å². The number of carbonyl (C=O) groups is 4. The maximum atomic E-state index is 12.3. The second-order valence-corrected chi connectivity index (χ2v) is 5.99. The summed E-state index contributed by atoms with van der Waals surface area (Å²) >= 11 is 0. The zero-order valence-corrected chi connectivity index (χ0v) is 15.6. The Bertz CT molecular complexity index is 749. The van der Waals surface area contributed by atoms with E-state index < -0.39 is 11.9 Å². The molecule has 9 nitrogen and oxygen atoms in total. The molecule has 0 aromatic heterocycles. The van der Waals surface area contributed by atoms with Crippen molar-refractivity contribution >= 4 is 29.4 Å². The van der Waals surface area contributed by atoms with Gasteiger partial charge in [-0.05, 0) is 25.1 Å². The summed E-state index contributed by atoms with van der Waals surface area (Å²) in [5.41, 5.74) is 0.964. The first-order chi connectivity index (χ1) is 12.9. The van der Waals surface area contributed by atoms with Crippen LogP contribution in [0.4, 0.5) is 5.69 Å². The van der Waals surface area contributed by atoms with Crippen LogP contribution in [-0.2, 0) is 19.1 Å². The first kappa shape index (κ1) is 20.5. The monoisotopic (exact) mass is 377 g/mol. The number of amides is 3. The van der Waals surface area contributed by atoms with E-state index in [4.69, 9.17) is 9.47 Å². The quantitative estimate of drug-likeness (QED) is 0.489. The van der Waals surface area contributed by atoms with Crippen LogP contribution in [0.5, 0.6) is 0 Å². The van der Waals surface area contributed by atoms with Crippen LogP contribution in [0, 0.1) is 0 Å². The number of hydrogen-bond acceptors (Lipinski definition) is 7. The third kappa shape index (κ3) is 5.11. The van der Waals surface area contributed by atoms with E-state index in [-0.39, 0.29) is 37.1 Å². The number of rotatable bonds is 9. The Kier molecular flexibility index (Phi) is 7.03. The lowest BCUT2D eigenvalue weighted by molar-refractivity contribution is -0.144. The van der Waals surface area contributed by atoms with Gasteiger partial charge in [-0.2, -0.15) is 0 Å². The highest BCUT2D eigenvalue weighted by Gasteiger charge is 2.32. The second kappa shape index (κ2) is 9.24. The number of methoxy groups -OCH3 is 1. The lowest BCUT2D eigenvalue weighted by atomic mass is 10.1. The fourth-order valence-electron chi connectivity index (χ4n) is 2.67. The van der Waals surface area contributed by atoms with Gasteiger partial charge in [0.25, 0.3) is 11.8 Å². The van der Waals surface area contributed by atoms with Gasteiger partial charge in [-0.25, -0.2) is 0 Å². The van der Waals surface area contributed by atoms with Crippen molar-refractivity contribution in [1.29, 1.82) is 0 Å². The maximum Gasteiger partial charge on any atom is 0.320 e. The molecule has 1 aromatic carbocycles. The van der Waals surface area contributed by atoms with Crippen LogP contribution in [0.2, 0.25) is 0 Å². The summed E-state index contributed by atoms with van der Waals surface area (Å²) in [6.07, 6.45) is 0. The van der Waals surface area contributed by atoms with Crippen molar-refractivity contribution in [2.75, 3.05) is 52.3 Å². The van der Waals surface area contributed by atoms with E-state index in [1.165, 1.54) is 26.3 Å². The van der Waals surface area contributed by atoms with Gasteiger partial charge >= 0.3 is 5.97 Å². The number of anilines is 1. The van der Waals surface area contributed by atoms with Gasteiger partial charge < -0.3 is 14.8 Å². The van der Waals surface area contributed by atoms with Crippen molar-refractivity contribution in [3.05, 3.63) is 29.3 Å². The topological polar surface area (TPSA) is 105 Å². The van der Waals surface area contributed by atoms with Crippen molar-refractivity contribution in [1.82, 2.24) is 9.80 Å². The minimum absolute atomic E-state index is 0.0351. The van der Waals surface area contributed by atoms with Crippen molar-refractivity contribution in [2.24, 2.45) is 0 Å². The molecule has 3 amide bonds. The SMILES string of the molecule is CCOC(=O)CN(CCOC)CC(=O)Nc1ccc2c(c1)C(=O)N(C)C2=O. The van der Waals surface area contributed by atoms with Crippen LogP contribution >= 0.6 is 0 Å². The van der Waals surface area contributed by atoms with Crippen molar-refractivity contribution in [2.45, 2.75) is 6.92 Å². The zero-order valence-electron chi connectivity index (χ0n) is 15.6. The minimum Gasteiger partial charge on any atom is -0.465 e. The lowest BCUT2D eigenvalue weighted by Crippen LogP contribution is -2.39. The minimum atomic E-state index is -0.425. The van der Waals surface area contributed by atoms with Gasteiger partial charge in [0.15, 0.2) is 0 Å². The van der Waals surface area contributed by atoms with E-state index in [1.54, 1.807) is 17.9 Å². The first-order valence-electron chi connectivity index (χ1n) is 8.50. The van der Waals surface area contributed by atoms with Crippen molar-refractivity contribution in [3.8, 4) is 0 Å². The summed E-state index contributed by atoms with van der Waals surface area (Å²) < 4.78 is 9.90. The number of carbonyl (C=O) groups excluding carboxylic acids is 4. The number of nitrogens with zero attached hydrogens (tertiary/aromatic N) is 2. The Morgan fingerprint density at radius 3 is 2.52 bits per heavy atom. The third-order valence-electron chi connectivity index (χ3n) is 4.01. The van der Waals surface area contributed by atoms with Crippen LogP contribution in [0.1, 0.15) is 27.6 Å². The Morgan fingerprint density at radius 2 is 1.85 bits per heavy atom. The van der Waals surface area contributed by atoms with Crippen LogP contribution in [0.3, 0.4) is 0 Å². The number of ether oxygens (including phenoxy) is 2. The number of esters is 1. The Labute approximate surface area is 157 Å². The molecule has 1 N–H and O–H groups in total. The zero-order chi connectivity index (χ0) is 20.0. The fourth-order valence-corrected chi connectivity index (χ4v) is 2.67. The Hall–Kier alpha value is -2.78. The van der Waals surface area contributed by atoms with E-state index in [2.05, 4.69) is 5.32 Å². The fraction of sp³-hybridized carbons (Fsp3) is 0.444. The molecular weight excluding hydrogens is 354 g/mol. The molecular formula is C18H23N3O6. The highest BCUT2D eigenvalue weighted by Crippen LogP contribution is 2.24. The van der Waals surface area contributed by atoms with Gasteiger partial charge in [-0.3, -0.25) is 29.0 Å². The standard InChI is InChI=1S/C18H23N3O6/c1-4-27-16(23)11-21(7-8-26-3)10-15(22)19-12-5-6-13-14(9-12)18(25)20(2)17(13)24/h5-6,9H,4,7-8,10-11H2,1-3H3,(H,19,22). The smallest absolute Gasteiger partial charge is 0.320 e. The van der Waals surface area contributed by atoms with Gasteiger partial charge in [0, 0.05) is 26.4 Å². The van der Waals surface area contributed by atoms with Crippen molar-refractivity contribution in [3.63, 3.8) is 0 Å². The van der Waals surface area contributed by atoms with E-state index in [0.717, 1.165) is 4.90 Å². The molecule has 0 saturated heterocycles. The summed E-state index contributed by atoms with van der Waals surface area (Å²) in [5, 5.41) is 2.68. The van der Waals surface area contributed by atoms with Crippen LogP contribution in [0.25, 0.3) is 0 Å². The highest BCUT2D eigenvalue weighted by atomic mass is 16.5. The molecule has 0 aliphatic carbocycles. The molecule has 0 atom stereocenters. The summed E-state index contributed by atoms with van der Waals surface area (Å²) in [4.78, 5) is 50.6. The number of hydrogen-bond donors (Lipinski definition) is 1. The molecule has 2 rings (SSSR count). The normalized spacial score (nSPS) is 13.1. The Morgan fingerprint density at radius 1 is 1.15 bits per heavy atom. The van der Waals surface area contributed by atoms with Gasteiger partial charge in [0.05, 0.1) is 37.4 Å². The van der Waals surface area contributed by atoms with Crippen LogP contribution < -0.4 is 5.32 Å². The second-order valence-electron chi connectivity index (χ2n) is 5.99. The predicted molar refractivity (Wildman–Crippen MR) is 96.4 cm³/mol. The molecule has 0 unspecified atom stereocenters. The number of fused-ring (bicyclic) bond motifs is 1. The van der Waals surface area contributed by atoms with Gasteiger partial charge in [-0.1, -0.05) is 0 Å². The summed E-state index contributed by atoms with van der Waals surface area (Å²) in [6.45, 7) is 2.62. The maximum absolute atomic E-state index is 12.3. The molecule has 9 heteroatoms. The highest BCUT2D eigenvalue weighted by molar-refractivity contribution is 6.21. The molecule has 0 fully saturated rings. The molecule has 146 valence electrons. The third-order valence-corrected chi connectivity index (χ3v) is 4.01. The van der Waals surface area contributed by atoms with E-state index in [9.17, 15) is 19.2 Å². The number of nitrogens with one attached hydrogen (secondary N) is 1. The first-order valence-corrected chi connectivity index (χ1v) is 8.50. The molecule has 27 heavy (non-hydrogen) atoms. The Balaban J connectivity index is 2.02. The molecule has 0 spiro atoms. The molecule has 0 radical (unpaired) electrons. The molecule has 0 saturated carbocycles. The van der Waals surface area contributed by atoms with E-state index in [1.807, 2.05) is 0 Å². The van der Waals surface area contributed by atoms with Crippen molar-refractivity contribution < 1.29 is 28.7 Å². The van der Waals surface area contributed by atoms with E-state index in [0.29, 0.717) is 24.4 Å². The molecule has 1 aliphatic heterocycles. The predicted octanol–water partition coefficient (Wildman–Crippen LogP) is 0.362. The average Bonchev–Trinajstić information content (AvgIpc) is 2.84. The lowest BCUT2D eigenvalue weighted by Gasteiger charge is -2.20. The van der Waals surface area contributed by atoms with Gasteiger partial charge in [-0.15, -0.1) is 0 Å². The molecule has 0 bridgehead atoms. The largest absolute Gasteiger partial charge is 0.465 e. The molecule has 1 aromatic rings. The summed E-state index contributed by atoms with van der Waals surface area (Å²) in [6, 6.07) is 4.55. The molecule has 1 heterocycles.